The molecule has 6 heteroatoms. The Labute approximate surface area is 104 Å². The lowest BCUT2D eigenvalue weighted by Gasteiger charge is -2.04. The van der Waals surface area contributed by atoms with E-state index in [2.05, 4.69) is 10.3 Å². The fourth-order valence-corrected chi connectivity index (χ4v) is 2.08. The highest BCUT2D eigenvalue weighted by atomic mass is 32.1. The van der Waals surface area contributed by atoms with Crippen LogP contribution in [0.1, 0.15) is 30.0 Å². The van der Waals surface area contributed by atoms with E-state index in [1.54, 1.807) is 11.3 Å². The van der Waals surface area contributed by atoms with E-state index in [0.717, 1.165) is 10.7 Å². The summed E-state index contributed by atoms with van der Waals surface area (Å²) < 4.78 is 0. The molecule has 0 saturated carbocycles. The summed E-state index contributed by atoms with van der Waals surface area (Å²) >= 11 is 1.57. The summed E-state index contributed by atoms with van der Waals surface area (Å²) in [5.74, 6) is -1.24. The van der Waals surface area contributed by atoms with Crippen LogP contribution >= 0.6 is 11.3 Å². The van der Waals surface area contributed by atoms with Crippen molar-refractivity contribution in [2.45, 2.75) is 32.6 Å². The fraction of sp³-hybridized carbons (Fsp3) is 0.545. The maximum Gasteiger partial charge on any atom is 0.220 e. The first-order valence-corrected chi connectivity index (χ1v) is 6.33. The van der Waals surface area contributed by atoms with Crippen LogP contribution in [0.3, 0.4) is 0 Å². The molecule has 1 N–H and O–H groups in total. The molecule has 0 aliphatic heterocycles. The van der Waals surface area contributed by atoms with E-state index in [1.165, 1.54) is 0 Å². The Hall–Kier alpha value is -1.43. The van der Waals surface area contributed by atoms with Crippen molar-refractivity contribution in [3.05, 3.63) is 16.1 Å². The van der Waals surface area contributed by atoms with Gasteiger partial charge in [0, 0.05) is 36.4 Å². The van der Waals surface area contributed by atoms with E-state index in [9.17, 15) is 14.7 Å². The first-order valence-electron chi connectivity index (χ1n) is 5.45. The number of carboxylic acid groups (broad SMARTS) is 1. The number of amides is 1. The highest BCUT2D eigenvalue weighted by molar-refractivity contribution is 7.09. The van der Waals surface area contributed by atoms with Gasteiger partial charge >= 0.3 is 0 Å². The van der Waals surface area contributed by atoms with Crippen LogP contribution in [-0.2, 0) is 16.0 Å². The molecule has 94 valence electrons. The van der Waals surface area contributed by atoms with Gasteiger partial charge in [-0.3, -0.25) is 4.79 Å². The standard InChI is InChI=1S/C11H16N2O3S/c1-8-7-17-10(13-8)5-6-12-9(14)3-2-4-11(15)16/h7H,2-6H2,1H3,(H,12,14)(H,15,16)/p-1. The quantitative estimate of drug-likeness (QED) is 0.745. The molecular formula is C11H15N2O3S-. The zero-order chi connectivity index (χ0) is 12.7. The number of carboxylic acids is 1. The number of aliphatic carboxylic acids is 1. The molecule has 5 nitrogen and oxygen atoms in total. The number of nitrogens with one attached hydrogen (secondary N) is 1. The maximum absolute atomic E-state index is 11.3. The summed E-state index contributed by atoms with van der Waals surface area (Å²) in [5, 5.41) is 15.8. The zero-order valence-electron chi connectivity index (χ0n) is 9.69. The summed E-state index contributed by atoms with van der Waals surface area (Å²) in [7, 11) is 0. The molecule has 1 amide bonds. The van der Waals surface area contributed by atoms with Crippen LogP contribution in [0.5, 0.6) is 0 Å². The Morgan fingerprint density at radius 3 is 2.82 bits per heavy atom. The summed E-state index contributed by atoms with van der Waals surface area (Å²) in [6.45, 7) is 2.47. The molecule has 0 atom stereocenters. The van der Waals surface area contributed by atoms with E-state index in [0.29, 0.717) is 19.4 Å². The van der Waals surface area contributed by atoms with Gasteiger partial charge in [-0.25, -0.2) is 4.98 Å². The number of carbonyl (C=O) groups excluding carboxylic acids is 2. The minimum absolute atomic E-state index is 0.0703. The number of hydrogen-bond donors (Lipinski definition) is 1. The van der Waals surface area contributed by atoms with Gasteiger partial charge in [-0.1, -0.05) is 0 Å². The van der Waals surface area contributed by atoms with E-state index in [-0.39, 0.29) is 18.7 Å². The van der Waals surface area contributed by atoms with Gasteiger partial charge in [0.25, 0.3) is 0 Å². The molecule has 0 bridgehead atoms. The van der Waals surface area contributed by atoms with Crippen molar-refractivity contribution in [2.24, 2.45) is 0 Å². The number of aryl methyl sites for hydroxylation is 1. The molecule has 0 spiro atoms. The Bertz CT molecular complexity index is 390. The smallest absolute Gasteiger partial charge is 0.220 e. The van der Waals surface area contributed by atoms with E-state index in [4.69, 9.17) is 0 Å². The monoisotopic (exact) mass is 255 g/mol. The minimum Gasteiger partial charge on any atom is -0.550 e. The van der Waals surface area contributed by atoms with Gasteiger partial charge in [-0.15, -0.1) is 11.3 Å². The SMILES string of the molecule is Cc1csc(CCNC(=O)CCCC(=O)[O-])n1. The Morgan fingerprint density at radius 2 is 2.24 bits per heavy atom. The van der Waals surface area contributed by atoms with Gasteiger partial charge in [-0.05, 0) is 19.8 Å². The maximum atomic E-state index is 11.3. The highest BCUT2D eigenvalue weighted by Gasteiger charge is 2.02. The largest absolute Gasteiger partial charge is 0.550 e. The summed E-state index contributed by atoms with van der Waals surface area (Å²) in [6.07, 6.45) is 1.19. The zero-order valence-corrected chi connectivity index (χ0v) is 10.5. The number of thiazole rings is 1. The van der Waals surface area contributed by atoms with Crippen LogP contribution in [0.25, 0.3) is 0 Å². The molecule has 1 rings (SSSR count). The second-order valence-corrected chi connectivity index (χ2v) is 4.65. The Kier molecular flexibility index (Phi) is 5.62. The lowest BCUT2D eigenvalue weighted by atomic mass is 10.2. The summed E-state index contributed by atoms with van der Waals surface area (Å²) in [5.41, 5.74) is 0.991. The van der Waals surface area contributed by atoms with Crippen LogP contribution in [0, 0.1) is 6.92 Å². The van der Waals surface area contributed by atoms with Gasteiger partial charge in [-0.2, -0.15) is 0 Å². The first kappa shape index (κ1) is 13.6. The van der Waals surface area contributed by atoms with Crippen molar-refractivity contribution >= 4 is 23.2 Å². The molecule has 1 aromatic heterocycles. The summed E-state index contributed by atoms with van der Waals surface area (Å²) in [4.78, 5) is 25.7. The number of nitrogens with zero attached hydrogens (tertiary/aromatic N) is 1. The first-order chi connectivity index (χ1) is 8.08. The van der Waals surface area contributed by atoms with Crippen LogP contribution in [0.15, 0.2) is 5.38 Å². The second-order valence-electron chi connectivity index (χ2n) is 3.71. The molecule has 0 radical (unpaired) electrons. The number of carbonyl (C=O) groups is 2. The topological polar surface area (TPSA) is 82.1 Å². The van der Waals surface area contributed by atoms with Crippen LogP contribution < -0.4 is 10.4 Å². The van der Waals surface area contributed by atoms with E-state index in [1.807, 2.05) is 12.3 Å². The van der Waals surface area contributed by atoms with Gasteiger partial charge in [0.15, 0.2) is 0 Å². The van der Waals surface area contributed by atoms with E-state index >= 15 is 0 Å². The van der Waals surface area contributed by atoms with Crippen molar-refractivity contribution in [3.63, 3.8) is 0 Å². The molecule has 0 aliphatic carbocycles. The fourth-order valence-electron chi connectivity index (χ4n) is 1.31. The molecular weight excluding hydrogens is 240 g/mol. The third-order valence-electron chi connectivity index (χ3n) is 2.11. The average molecular weight is 255 g/mol. The van der Waals surface area contributed by atoms with E-state index < -0.39 is 5.97 Å². The molecule has 1 heterocycles. The average Bonchev–Trinajstić information content (AvgIpc) is 2.63. The minimum atomic E-state index is -1.11. The highest BCUT2D eigenvalue weighted by Crippen LogP contribution is 2.08. The number of hydrogen-bond acceptors (Lipinski definition) is 5. The molecule has 0 aromatic carbocycles. The lowest BCUT2D eigenvalue weighted by Crippen LogP contribution is -2.26. The predicted molar refractivity (Wildman–Crippen MR) is 62.4 cm³/mol. The third kappa shape index (κ3) is 6.01. The molecule has 0 saturated heterocycles. The van der Waals surface area contributed by atoms with Crippen molar-refractivity contribution in [1.82, 2.24) is 10.3 Å². The van der Waals surface area contributed by atoms with Gasteiger partial charge < -0.3 is 15.2 Å². The third-order valence-corrected chi connectivity index (χ3v) is 3.14. The second kappa shape index (κ2) is 7.01. The van der Waals surface area contributed by atoms with Crippen LogP contribution in [0.2, 0.25) is 0 Å². The number of rotatable bonds is 7. The lowest BCUT2D eigenvalue weighted by molar-refractivity contribution is -0.305. The van der Waals surface area contributed by atoms with Gasteiger partial charge in [0.1, 0.15) is 0 Å². The molecule has 1 aromatic rings. The van der Waals surface area contributed by atoms with Gasteiger partial charge in [0.2, 0.25) is 5.91 Å². The predicted octanol–water partition coefficient (Wildman–Crippen LogP) is 0.0304. The van der Waals surface area contributed by atoms with Crippen molar-refractivity contribution in [3.8, 4) is 0 Å². The van der Waals surface area contributed by atoms with Crippen molar-refractivity contribution in [1.29, 1.82) is 0 Å². The normalized spacial score (nSPS) is 10.2. The molecule has 0 unspecified atom stereocenters. The molecule has 17 heavy (non-hydrogen) atoms. The van der Waals surface area contributed by atoms with Crippen molar-refractivity contribution in [2.75, 3.05) is 6.54 Å². The summed E-state index contributed by atoms with van der Waals surface area (Å²) in [6, 6.07) is 0. The van der Waals surface area contributed by atoms with Crippen LogP contribution in [-0.4, -0.2) is 23.4 Å². The Balaban J connectivity index is 2.10. The number of aromatic nitrogens is 1. The molecule has 0 aliphatic rings. The van der Waals surface area contributed by atoms with Crippen LogP contribution in [0.4, 0.5) is 0 Å². The van der Waals surface area contributed by atoms with Gasteiger partial charge in [0.05, 0.1) is 5.01 Å². The van der Waals surface area contributed by atoms with Crippen molar-refractivity contribution < 1.29 is 14.7 Å². The molecule has 0 fully saturated rings. The Morgan fingerprint density at radius 1 is 1.47 bits per heavy atom.